The van der Waals surface area contributed by atoms with Gasteiger partial charge in [0, 0.05) is 24.9 Å². The Kier molecular flexibility index (Phi) is 8.05. The summed E-state index contributed by atoms with van der Waals surface area (Å²) in [5.41, 5.74) is 4.71. The molecule has 2 aromatic rings. The van der Waals surface area contributed by atoms with E-state index in [1.54, 1.807) is 14.0 Å². The summed E-state index contributed by atoms with van der Waals surface area (Å²) in [6.07, 6.45) is 0.162. The van der Waals surface area contributed by atoms with Gasteiger partial charge in [-0.05, 0) is 24.8 Å². The predicted octanol–water partition coefficient (Wildman–Crippen LogP) is 4.42. The fourth-order valence-electron chi connectivity index (χ4n) is 4.07. The van der Waals surface area contributed by atoms with Crippen LogP contribution in [0.2, 0.25) is 0 Å². The monoisotopic (exact) mass is 491 g/mol. The van der Waals surface area contributed by atoms with E-state index >= 15 is 0 Å². The van der Waals surface area contributed by atoms with E-state index in [-0.39, 0.29) is 18.9 Å². The van der Waals surface area contributed by atoms with Gasteiger partial charge < -0.3 is 19.7 Å². The zero-order valence-electron chi connectivity index (χ0n) is 20.1. The summed E-state index contributed by atoms with van der Waals surface area (Å²) >= 11 is 1.45. The molecule has 0 spiro atoms. The molecular weight excluding hydrogens is 462 g/mol. The van der Waals surface area contributed by atoms with Gasteiger partial charge in [0.2, 0.25) is 5.91 Å². The summed E-state index contributed by atoms with van der Waals surface area (Å²) in [6.45, 7) is 4.94. The first-order valence-electron chi connectivity index (χ1n) is 11.6. The Labute approximate surface area is 209 Å². The lowest BCUT2D eigenvalue weighted by Crippen LogP contribution is -2.38. The molecule has 2 aliphatic heterocycles. The van der Waals surface area contributed by atoms with E-state index in [0.29, 0.717) is 24.4 Å². The van der Waals surface area contributed by atoms with Crippen LogP contribution in [0.1, 0.15) is 36.1 Å². The average molecular weight is 492 g/mol. The Hall–Kier alpha value is -3.36. The molecule has 0 saturated carbocycles. The number of rotatable bonds is 9. The van der Waals surface area contributed by atoms with Gasteiger partial charge in [-0.1, -0.05) is 71.9 Å². The van der Waals surface area contributed by atoms with Gasteiger partial charge in [0.15, 0.2) is 5.17 Å². The number of aryl methyl sites for hydroxylation is 1. The molecular formula is C27H29N3O4S. The first-order chi connectivity index (χ1) is 17.0. The molecule has 182 valence electrons. The van der Waals surface area contributed by atoms with Crippen molar-refractivity contribution < 1.29 is 19.1 Å². The highest BCUT2D eigenvalue weighted by atomic mass is 32.2. The Morgan fingerprint density at radius 2 is 1.86 bits per heavy atom. The second-order valence-electron chi connectivity index (χ2n) is 8.17. The van der Waals surface area contributed by atoms with Crippen LogP contribution in [-0.4, -0.2) is 48.8 Å². The first kappa shape index (κ1) is 24.8. The average Bonchev–Trinajstić information content (AvgIpc) is 3.26. The van der Waals surface area contributed by atoms with Crippen LogP contribution in [0.5, 0.6) is 0 Å². The highest BCUT2D eigenvalue weighted by molar-refractivity contribution is 8.16. The smallest absolute Gasteiger partial charge is 0.338 e. The van der Waals surface area contributed by atoms with Crippen LogP contribution in [0.25, 0.3) is 5.70 Å². The Bertz CT molecular complexity index is 1170. The van der Waals surface area contributed by atoms with Crippen LogP contribution in [0.4, 0.5) is 0 Å². The minimum absolute atomic E-state index is 0.117. The summed E-state index contributed by atoms with van der Waals surface area (Å²) in [6, 6.07) is 17.3. The van der Waals surface area contributed by atoms with Crippen LogP contribution < -0.4 is 5.32 Å². The number of hydrogen-bond donors (Lipinski definition) is 1. The lowest BCUT2D eigenvalue weighted by Gasteiger charge is -2.36. The van der Waals surface area contributed by atoms with E-state index in [1.807, 2.05) is 71.8 Å². The van der Waals surface area contributed by atoms with Crippen molar-refractivity contribution in [3.05, 3.63) is 88.0 Å². The van der Waals surface area contributed by atoms with Gasteiger partial charge in [-0.3, -0.25) is 4.79 Å². The number of aliphatic imine (C=N–C) groups is 1. The summed E-state index contributed by atoms with van der Waals surface area (Å²) in [5, 5.41) is 5.53. The number of thioether (sulfide) groups is 1. The van der Waals surface area contributed by atoms with Crippen molar-refractivity contribution in [3.63, 3.8) is 0 Å². The molecule has 0 fully saturated rings. The third-order valence-electron chi connectivity index (χ3n) is 5.72. The zero-order valence-corrected chi connectivity index (χ0v) is 20.9. The van der Waals surface area contributed by atoms with Crippen LogP contribution in [0.3, 0.4) is 0 Å². The maximum absolute atomic E-state index is 13.4. The number of amides is 1. The molecule has 1 atom stereocenters. The molecule has 4 rings (SSSR count). The van der Waals surface area contributed by atoms with Crippen molar-refractivity contribution in [2.24, 2.45) is 4.99 Å². The lowest BCUT2D eigenvalue weighted by molar-refractivity contribution is -0.139. The van der Waals surface area contributed by atoms with Crippen LogP contribution in [0.15, 0.2) is 76.3 Å². The van der Waals surface area contributed by atoms with Crippen LogP contribution in [-0.2, 0) is 19.1 Å². The van der Waals surface area contributed by atoms with E-state index in [4.69, 9.17) is 14.5 Å². The van der Waals surface area contributed by atoms with Gasteiger partial charge >= 0.3 is 5.97 Å². The fourth-order valence-corrected chi connectivity index (χ4v) is 4.99. The van der Waals surface area contributed by atoms with Crippen LogP contribution in [0, 0.1) is 6.92 Å². The van der Waals surface area contributed by atoms with Crippen LogP contribution >= 0.6 is 11.8 Å². The Morgan fingerprint density at radius 1 is 1.11 bits per heavy atom. The number of esters is 1. The lowest BCUT2D eigenvalue weighted by atomic mass is 9.91. The molecule has 0 aliphatic carbocycles. The molecule has 0 radical (unpaired) electrons. The van der Waals surface area contributed by atoms with E-state index in [9.17, 15) is 9.59 Å². The topological polar surface area (TPSA) is 80.2 Å². The zero-order chi connectivity index (χ0) is 24.8. The number of fused-ring (bicyclic) bond motifs is 1. The molecule has 2 aliphatic rings. The number of carbonyl (C=O) groups excluding carboxylic acids is 2. The molecule has 0 saturated heterocycles. The second kappa shape index (κ2) is 11.4. The quantitative estimate of drug-likeness (QED) is 0.413. The largest absolute Gasteiger partial charge is 0.463 e. The number of hydrogen-bond acceptors (Lipinski definition) is 7. The number of nitrogens with zero attached hydrogens (tertiary/aromatic N) is 2. The number of ether oxygens (including phenoxy) is 2. The van der Waals surface area contributed by atoms with E-state index < -0.39 is 12.0 Å². The molecule has 0 aromatic heterocycles. The molecule has 7 nitrogen and oxygen atoms in total. The summed E-state index contributed by atoms with van der Waals surface area (Å²) < 4.78 is 10.6. The van der Waals surface area contributed by atoms with E-state index in [0.717, 1.165) is 27.6 Å². The molecule has 35 heavy (non-hydrogen) atoms. The van der Waals surface area contributed by atoms with Gasteiger partial charge in [-0.2, -0.15) is 0 Å². The minimum atomic E-state index is -0.481. The number of benzene rings is 2. The molecule has 0 bridgehead atoms. The van der Waals surface area contributed by atoms with Crippen molar-refractivity contribution in [1.82, 2.24) is 10.2 Å². The van der Waals surface area contributed by atoms with Gasteiger partial charge in [-0.15, -0.1) is 0 Å². The number of carbonyl (C=O) groups is 2. The molecule has 8 heteroatoms. The highest BCUT2D eigenvalue weighted by Crippen LogP contribution is 2.47. The third-order valence-corrected chi connectivity index (χ3v) is 6.60. The molecule has 2 aromatic carbocycles. The Balaban J connectivity index is 1.80. The standard InChI is InChI=1S/C27H29N3O4S/c1-4-34-26(32)23-24(19-8-6-5-7-9-19)29-27-30(25(23)20-12-10-18(2)11-13-20)21(17-35-27)16-22(31)28-14-15-33-3/h5-13,17,25H,4,14-16H2,1-3H3,(H,28,31)/t25-/m0/s1. The highest BCUT2D eigenvalue weighted by Gasteiger charge is 2.42. The number of methoxy groups -OCH3 is 1. The minimum Gasteiger partial charge on any atom is -0.463 e. The maximum atomic E-state index is 13.4. The van der Waals surface area contributed by atoms with Crippen molar-refractivity contribution >= 4 is 34.5 Å². The first-order valence-corrected chi connectivity index (χ1v) is 12.4. The normalized spacial score (nSPS) is 17.0. The number of amidine groups is 1. The summed E-state index contributed by atoms with van der Waals surface area (Å²) in [5.74, 6) is -0.533. The third kappa shape index (κ3) is 5.49. The summed E-state index contributed by atoms with van der Waals surface area (Å²) in [4.78, 5) is 33.0. The molecule has 0 unspecified atom stereocenters. The van der Waals surface area contributed by atoms with Crippen molar-refractivity contribution in [2.45, 2.75) is 26.3 Å². The SMILES string of the molecule is CCOC(=O)C1=C(c2ccccc2)N=C2SC=C(CC(=O)NCCOC)N2[C@H]1c1ccc(C)cc1. The van der Waals surface area contributed by atoms with Gasteiger partial charge in [0.05, 0.1) is 36.9 Å². The maximum Gasteiger partial charge on any atom is 0.338 e. The van der Waals surface area contributed by atoms with Crippen molar-refractivity contribution in [3.8, 4) is 0 Å². The molecule has 1 amide bonds. The molecule has 2 heterocycles. The molecule has 1 N–H and O–H groups in total. The fraction of sp³-hybridized carbons (Fsp3) is 0.296. The van der Waals surface area contributed by atoms with Gasteiger partial charge in [0.1, 0.15) is 0 Å². The summed E-state index contributed by atoms with van der Waals surface area (Å²) in [7, 11) is 1.60. The van der Waals surface area contributed by atoms with Gasteiger partial charge in [0.25, 0.3) is 0 Å². The van der Waals surface area contributed by atoms with E-state index in [1.165, 1.54) is 11.8 Å². The van der Waals surface area contributed by atoms with Crippen molar-refractivity contribution in [1.29, 1.82) is 0 Å². The number of nitrogens with one attached hydrogen (secondary N) is 1. The van der Waals surface area contributed by atoms with Gasteiger partial charge in [-0.25, -0.2) is 9.79 Å². The predicted molar refractivity (Wildman–Crippen MR) is 138 cm³/mol. The second-order valence-corrected chi connectivity index (χ2v) is 9.01. The van der Waals surface area contributed by atoms with E-state index in [2.05, 4.69) is 5.32 Å². The van der Waals surface area contributed by atoms with Crippen molar-refractivity contribution in [2.75, 3.05) is 26.9 Å². The Morgan fingerprint density at radius 3 is 2.54 bits per heavy atom.